The molecule has 0 aromatic heterocycles. The number of carbonyl (C=O) groups excluding carboxylic acids is 1. The fraction of sp³-hybridized carbons (Fsp3) is 0.346. The average Bonchev–Trinajstić information content (AvgIpc) is 2.78. The minimum Gasteiger partial charge on any atom is -0.493 e. The van der Waals surface area contributed by atoms with Crippen LogP contribution in [0.4, 0.5) is 0 Å². The molecule has 0 radical (unpaired) electrons. The van der Waals surface area contributed by atoms with Crippen molar-refractivity contribution in [3.8, 4) is 23.0 Å². The van der Waals surface area contributed by atoms with E-state index in [2.05, 4.69) is 0 Å². The Bertz CT molecular complexity index is 910. The monoisotopic (exact) mass is 422 g/mol. The molecule has 1 aliphatic rings. The first-order valence-electron chi connectivity index (χ1n) is 10.7. The topological polar surface area (TPSA) is 54.0 Å². The first-order chi connectivity index (χ1) is 15.1. The molecular formula is C26H30O5. The molecule has 0 saturated heterocycles. The summed E-state index contributed by atoms with van der Waals surface area (Å²) in [7, 11) is 3.24. The van der Waals surface area contributed by atoms with Gasteiger partial charge in [0.2, 0.25) is 0 Å². The highest BCUT2D eigenvalue weighted by atomic mass is 16.5. The Morgan fingerprint density at radius 2 is 1.19 bits per heavy atom. The SMILES string of the molecule is CCOc1ccc(C=C2CCCC(=Cc3ccc(OCC)c(OC)c3)C2=O)cc1OC. The van der Waals surface area contributed by atoms with Crippen LogP contribution in [0.2, 0.25) is 0 Å². The first kappa shape index (κ1) is 22.5. The second kappa shape index (κ2) is 10.7. The van der Waals surface area contributed by atoms with Crippen molar-refractivity contribution in [3.05, 3.63) is 58.7 Å². The van der Waals surface area contributed by atoms with Crippen LogP contribution in [0.1, 0.15) is 44.2 Å². The number of methoxy groups -OCH3 is 2. The van der Waals surface area contributed by atoms with Gasteiger partial charge < -0.3 is 18.9 Å². The van der Waals surface area contributed by atoms with E-state index in [1.54, 1.807) is 14.2 Å². The number of ether oxygens (including phenoxy) is 4. The molecule has 0 N–H and O–H groups in total. The van der Waals surface area contributed by atoms with Gasteiger partial charge in [-0.1, -0.05) is 12.1 Å². The molecule has 1 saturated carbocycles. The number of Topliss-reactive ketones (excluding diaryl/α,β-unsaturated/α-hetero) is 1. The molecular weight excluding hydrogens is 392 g/mol. The predicted octanol–water partition coefficient (Wildman–Crippen LogP) is 5.72. The van der Waals surface area contributed by atoms with Crippen molar-refractivity contribution in [2.75, 3.05) is 27.4 Å². The van der Waals surface area contributed by atoms with Gasteiger partial charge in [0.25, 0.3) is 0 Å². The molecule has 0 heterocycles. The maximum Gasteiger partial charge on any atom is 0.185 e. The fourth-order valence-corrected chi connectivity index (χ4v) is 3.68. The van der Waals surface area contributed by atoms with E-state index in [4.69, 9.17) is 18.9 Å². The van der Waals surface area contributed by atoms with Crippen molar-refractivity contribution in [1.82, 2.24) is 0 Å². The number of rotatable bonds is 8. The van der Waals surface area contributed by atoms with Gasteiger partial charge in [-0.3, -0.25) is 4.79 Å². The average molecular weight is 423 g/mol. The summed E-state index contributed by atoms with van der Waals surface area (Å²) in [5.41, 5.74) is 3.46. The molecule has 1 aliphatic carbocycles. The van der Waals surface area contributed by atoms with E-state index < -0.39 is 0 Å². The largest absolute Gasteiger partial charge is 0.493 e. The van der Waals surface area contributed by atoms with Crippen LogP contribution in [0.15, 0.2) is 47.5 Å². The van der Waals surface area contributed by atoms with Crippen molar-refractivity contribution in [2.24, 2.45) is 0 Å². The third-order valence-corrected chi connectivity index (χ3v) is 5.13. The molecule has 2 aromatic rings. The molecule has 164 valence electrons. The molecule has 0 spiro atoms. The highest BCUT2D eigenvalue weighted by Crippen LogP contribution is 2.33. The summed E-state index contributed by atoms with van der Waals surface area (Å²) < 4.78 is 22.0. The molecule has 0 aliphatic heterocycles. The Hall–Kier alpha value is -3.21. The first-order valence-corrected chi connectivity index (χ1v) is 10.7. The molecule has 0 amide bonds. The van der Waals surface area contributed by atoms with Crippen LogP contribution in [0.5, 0.6) is 23.0 Å². The van der Waals surface area contributed by atoms with Crippen molar-refractivity contribution in [2.45, 2.75) is 33.1 Å². The fourth-order valence-electron chi connectivity index (χ4n) is 3.68. The summed E-state index contributed by atoms with van der Waals surface area (Å²) in [6.45, 7) is 5.01. The van der Waals surface area contributed by atoms with Gasteiger partial charge in [0.05, 0.1) is 27.4 Å². The zero-order valence-electron chi connectivity index (χ0n) is 18.7. The number of hydrogen-bond donors (Lipinski definition) is 0. The summed E-state index contributed by atoms with van der Waals surface area (Å²) >= 11 is 0. The summed E-state index contributed by atoms with van der Waals surface area (Å²) in [5.74, 6) is 2.82. The Morgan fingerprint density at radius 3 is 1.58 bits per heavy atom. The number of carbonyl (C=O) groups is 1. The number of allylic oxidation sites excluding steroid dienone is 2. The zero-order valence-corrected chi connectivity index (χ0v) is 18.7. The maximum atomic E-state index is 13.1. The number of hydrogen-bond acceptors (Lipinski definition) is 5. The van der Waals surface area contributed by atoms with Gasteiger partial charge >= 0.3 is 0 Å². The Kier molecular flexibility index (Phi) is 7.76. The van der Waals surface area contributed by atoms with E-state index >= 15 is 0 Å². The van der Waals surface area contributed by atoms with Crippen LogP contribution in [-0.4, -0.2) is 33.2 Å². The van der Waals surface area contributed by atoms with Gasteiger partial charge in [-0.25, -0.2) is 0 Å². The lowest BCUT2D eigenvalue weighted by molar-refractivity contribution is -0.112. The van der Waals surface area contributed by atoms with Crippen LogP contribution in [0.3, 0.4) is 0 Å². The smallest absolute Gasteiger partial charge is 0.185 e. The van der Waals surface area contributed by atoms with E-state index in [-0.39, 0.29) is 5.78 Å². The number of ketones is 1. The van der Waals surface area contributed by atoms with E-state index in [1.165, 1.54) is 0 Å². The molecule has 3 rings (SSSR count). The minimum atomic E-state index is 0.0898. The highest BCUT2D eigenvalue weighted by molar-refractivity contribution is 6.14. The Labute approximate surface area is 184 Å². The van der Waals surface area contributed by atoms with Crippen molar-refractivity contribution in [1.29, 1.82) is 0 Å². The Balaban J connectivity index is 1.86. The zero-order chi connectivity index (χ0) is 22.2. The van der Waals surface area contributed by atoms with Crippen LogP contribution < -0.4 is 18.9 Å². The Morgan fingerprint density at radius 1 is 0.742 bits per heavy atom. The van der Waals surface area contributed by atoms with Crippen LogP contribution >= 0.6 is 0 Å². The molecule has 2 aromatic carbocycles. The molecule has 5 nitrogen and oxygen atoms in total. The second-order valence-electron chi connectivity index (χ2n) is 7.21. The van der Waals surface area contributed by atoms with E-state index in [0.717, 1.165) is 41.5 Å². The van der Waals surface area contributed by atoms with Gasteiger partial charge in [0.15, 0.2) is 28.8 Å². The molecule has 5 heteroatoms. The van der Waals surface area contributed by atoms with Gasteiger partial charge in [-0.15, -0.1) is 0 Å². The summed E-state index contributed by atoms with van der Waals surface area (Å²) in [6.07, 6.45) is 6.36. The summed E-state index contributed by atoms with van der Waals surface area (Å²) in [6, 6.07) is 11.5. The summed E-state index contributed by atoms with van der Waals surface area (Å²) in [5, 5.41) is 0. The van der Waals surface area contributed by atoms with Crippen molar-refractivity contribution >= 4 is 17.9 Å². The van der Waals surface area contributed by atoms with Crippen LogP contribution in [-0.2, 0) is 4.79 Å². The van der Waals surface area contributed by atoms with E-state index in [9.17, 15) is 4.79 Å². The second-order valence-corrected chi connectivity index (χ2v) is 7.21. The van der Waals surface area contributed by atoms with Crippen LogP contribution in [0.25, 0.3) is 12.2 Å². The normalized spacial score (nSPS) is 16.5. The maximum absolute atomic E-state index is 13.1. The van der Waals surface area contributed by atoms with Crippen molar-refractivity contribution < 1.29 is 23.7 Å². The molecule has 0 unspecified atom stereocenters. The molecule has 0 bridgehead atoms. The third kappa shape index (κ3) is 5.48. The van der Waals surface area contributed by atoms with Crippen molar-refractivity contribution in [3.63, 3.8) is 0 Å². The molecule has 0 atom stereocenters. The highest BCUT2D eigenvalue weighted by Gasteiger charge is 2.21. The standard InChI is InChI=1S/C26H30O5/c1-5-30-22-12-10-18(16-24(22)28-3)14-20-8-7-9-21(26(20)27)15-19-11-13-23(31-6-2)25(17-19)29-4/h10-17H,5-9H2,1-4H3. The van der Waals surface area contributed by atoms with Crippen LogP contribution in [0, 0.1) is 0 Å². The summed E-state index contributed by atoms with van der Waals surface area (Å²) in [4.78, 5) is 13.1. The third-order valence-electron chi connectivity index (χ3n) is 5.13. The lowest BCUT2D eigenvalue weighted by atomic mass is 9.87. The molecule has 31 heavy (non-hydrogen) atoms. The van der Waals surface area contributed by atoms with Gasteiger partial charge in [-0.05, 0) is 80.7 Å². The quantitative estimate of drug-likeness (QED) is 0.509. The van der Waals surface area contributed by atoms with Gasteiger partial charge in [0, 0.05) is 11.1 Å². The van der Waals surface area contributed by atoms with Gasteiger partial charge in [0.1, 0.15) is 0 Å². The lowest BCUT2D eigenvalue weighted by Gasteiger charge is -2.17. The van der Waals surface area contributed by atoms with E-state index in [0.29, 0.717) is 36.2 Å². The van der Waals surface area contributed by atoms with Gasteiger partial charge in [-0.2, -0.15) is 0 Å². The minimum absolute atomic E-state index is 0.0898. The predicted molar refractivity (Wildman–Crippen MR) is 123 cm³/mol. The molecule has 1 fully saturated rings. The number of benzene rings is 2. The van der Waals surface area contributed by atoms with E-state index in [1.807, 2.05) is 62.4 Å². The lowest BCUT2D eigenvalue weighted by Crippen LogP contribution is -2.12.